The molecule has 0 aromatic heterocycles. The van der Waals surface area contributed by atoms with E-state index in [0.717, 1.165) is 19.3 Å². The van der Waals surface area contributed by atoms with Gasteiger partial charge in [-0.3, -0.25) is 0 Å². The van der Waals surface area contributed by atoms with Crippen molar-refractivity contribution in [1.29, 1.82) is 0 Å². The average molecular weight is 305 g/mol. The SMILES string of the molecule is Nc1ccc(S(=O)(=O)NC2CCC2)c(Br)c1. The molecule has 0 amide bonds. The van der Waals surface area contributed by atoms with Crippen LogP contribution < -0.4 is 10.5 Å². The normalized spacial score (nSPS) is 17.1. The van der Waals surface area contributed by atoms with Crippen LogP contribution in [0.15, 0.2) is 27.6 Å². The maximum absolute atomic E-state index is 12.0. The molecule has 6 heteroatoms. The molecule has 1 aliphatic rings. The van der Waals surface area contributed by atoms with E-state index in [2.05, 4.69) is 20.7 Å². The Labute approximate surface area is 103 Å². The number of benzene rings is 1. The summed E-state index contributed by atoms with van der Waals surface area (Å²) in [4.78, 5) is 0.244. The Balaban J connectivity index is 2.27. The summed E-state index contributed by atoms with van der Waals surface area (Å²) in [7, 11) is -3.42. The minimum absolute atomic E-state index is 0.0921. The lowest BCUT2D eigenvalue weighted by Gasteiger charge is -2.26. The number of nitrogens with two attached hydrogens (primary N) is 1. The van der Waals surface area contributed by atoms with Gasteiger partial charge >= 0.3 is 0 Å². The second-order valence-corrected chi connectivity index (χ2v) is 6.48. The van der Waals surface area contributed by atoms with Crippen LogP contribution in [0.1, 0.15) is 19.3 Å². The van der Waals surface area contributed by atoms with E-state index in [1.54, 1.807) is 12.1 Å². The molecule has 1 aromatic carbocycles. The molecule has 0 atom stereocenters. The molecule has 3 N–H and O–H groups in total. The molecular weight excluding hydrogens is 292 g/mol. The van der Waals surface area contributed by atoms with Gasteiger partial charge in [0.05, 0.1) is 4.90 Å². The Kier molecular flexibility index (Phi) is 3.23. The summed E-state index contributed by atoms with van der Waals surface area (Å²) in [5.74, 6) is 0. The summed E-state index contributed by atoms with van der Waals surface area (Å²) in [6.07, 6.45) is 2.94. The van der Waals surface area contributed by atoms with Gasteiger partial charge in [0.1, 0.15) is 0 Å². The summed E-state index contributed by atoms with van der Waals surface area (Å²) >= 11 is 3.21. The summed E-state index contributed by atoms with van der Waals surface area (Å²) in [6.45, 7) is 0. The van der Waals surface area contributed by atoms with Crippen LogP contribution in [0.2, 0.25) is 0 Å². The van der Waals surface area contributed by atoms with Crippen molar-refractivity contribution in [2.45, 2.75) is 30.2 Å². The van der Waals surface area contributed by atoms with Gasteiger partial charge < -0.3 is 5.73 Å². The summed E-state index contributed by atoms with van der Waals surface area (Å²) in [5, 5.41) is 0. The smallest absolute Gasteiger partial charge is 0.241 e. The minimum atomic E-state index is -3.42. The molecule has 16 heavy (non-hydrogen) atoms. The van der Waals surface area contributed by atoms with Crippen molar-refractivity contribution in [2.75, 3.05) is 5.73 Å². The molecule has 0 unspecified atom stereocenters. The number of hydrogen-bond acceptors (Lipinski definition) is 3. The van der Waals surface area contributed by atoms with E-state index < -0.39 is 10.0 Å². The highest BCUT2D eigenvalue weighted by molar-refractivity contribution is 9.10. The summed E-state index contributed by atoms with van der Waals surface area (Å²) in [6, 6.07) is 4.78. The number of rotatable bonds is 3. The summed E-state index contributed by atoms with van der Waals surface area (Å²) in [5.41, 5.74) is 6.10. The van der Waals surface area contributed by atoms with E-state index in [9.17, 15) is 8.42 Å². The highest BCUT2D eigenvalue weighted by Crippen LogP contribution is 2.26. The molecule has 2 rings (SSSR count). The largest absolute Gasteiger partial charge is 0.399 e. The van der Waals surface area contributed by atoms with Crippen LogP contribution in [0.25, 0.3) is 0 Å². The van der Waals surface area contributed by atoms with E-state index in [-0.39, 0.29) is 10.9 Å². The van der Waals surface area contributed by atoms with Crippen LogP contribution in [0.5, 0.6) is 0 Å². The number of nitrogens with one attached hydrogen (secondary N) is 1. The molecular formula is C10H13BrN2O2S. The summed E-state index contributed by atoms with van der Waals surface area (Å²) < 4.78 is 27.1. The Bertz CT molecular complexity index is 498. The number of hydrogen-bond donors (Lipinski definition) is 2. The van der Waals surface area contributed by atoms with Gasteiger partial charge in [0.25, 0.3) is 0 Å². The Morgan fingerprint density at radius 1 is 1.38 bits per heavy atom. The van der Waals surface area contributed by atoms with Crippen molar-refractivity contribution in [3.63, 3.8) is 0 Å². The van der Waals surface area contributed by atoms with Crippen LogP contribution in [0.4, 0.5) is 5.69 Å². The molecule has 1 fully saturated rings. The molecule has 0 aliphatic heterocycles. The van der Waals surface area contributed by atoms with E-state index in [1.807, 2.05) is 0 Å². The van der Waals surface area contributed by atoms with Crippen LogP contribution >= 0.6 is 15.9 Å². The van der Waals surface area contributed by atoms with E-state index in [1.165, 1.54) is 6.07 Å². The predicted octanol–water partition coefficient (Wildman–Crippen LogP) is 1.86. The Morgan fingerprint density at radius 3 is 2.56 bits per heavy atom. The maximum Gasteiger partial charge on any atom is 0.241 e. The van der Waals surface area contributed by atoms with Crippen molar-refractivity contribution in [2.24, 2.45) is 0 Å². The number of anilines is 1. The van der Waals surface area contributed by atoms with Gasteiger partial charge in [-0.25, -0.2) is 13.1 Å². The van der Waals surface area contributed by atoms with Crippen molar-refractivity contribution >= 4 is 31.6 Å². The number of sulfonamides is 1. The van der Waals surface area contributed by atoms with Gasteiger partial charge in [-0.2, -0.15) is 0 Å². The molecule has 0 saturated heterocycles. The first-order valence-electron chi connectivity index (χ1n) is 5.06. The zero-order valence-electron chi connectivity index (χ0n) is 8.61. The van der Waals surface area contributed by atoms with Gasteiger partial charge in [-0.05, 0) is 47.0 Å². The average Bonchev–Trinajstić information content (AvgIpc) is 2.11. The van der Waals surface area contributed by atoms with Crippen LogP contribution in [0, 0.1) is 0 Å². The number of halogens is 1. The van der Waals surface area contributed by atoms with E-state index >= 15 is 0 Å². The van der Waals surface area contributed by atoms with Crippen LogP contribution in [0.3, 0.4) is 0 Å². The zero-order chi connectivity index (χ0) is 11.8. The van der Waals surface area contributed by atoms with Gasteiger partial charge in [0.2, 0.25) is 10.0 Å². The predicted molar refractivity (Wildman–Crippen MR) is 66.5 cm³/mol. The first-order chi connectivity index (χ1) is 7.49. The standard InChI is InChI=1S/C10H13BrN2O2S/c11-9-6-7(12)4-5-10(9)16(14,15)13-8-2-1-3-8/h4-6,8,13H,1-3,12H2. The molecule has 4 nitrogen and oxygen atoms in total. The van der Waals surface area contributed by atoms with Crippen LogP contribution in [-0.2, 0) is 10.0 Å². The topological polar surface area (TPSA) is 72.2 Å². The molecule has 0 heterocycles. The fourth-order valence-corrected chi connectivity index (χ4v) is 3.94. The van der Waals surface area contributed by atoms with E-state index in [0.29, 0.717) is 10.2 Å². The Morgan fingerprint density at radius 2 is 2.06 bits per heavy atom. The molecule has 1 aromatic rings. The Hall–Kier alpha value is -0.590. The lowest BCUT2D eigenvalue weighted by molar-refractivity contribution is 0.383. The third-order valence-corrected chi connectivity index (χ3v) is 5.17. The first-order valence-corrected chi connectivity index (χ1v) is 7.34. The van der Waals surface area contributed by atoms with Crippen LogP contribution in [-0.4, -0.2) is 14.5 Å². The molecule has 0 bridgehead atoms. The third kappa shape index (κ3) is 2.39. The minimum Gasteiger partial charge on any atom is -0.399 e. The lowest BCUT2D eigenvalue weighted by Crippen LogP contribution is -2.39. The van der Waals surface area contributed by atoms with Crippen molar-refractivity contribution < 1.29 is 8.42 Å². The second kappa shape index (κ2) is 4.35. The lowest BCUT2D eigenvalue weighted by atomic mass is 9.94. The van der Waals surface area contributed by atoms with Crippen molar-refractivity contribution in [1.82, 2.24) is 4.72 Å². The third-order valence-electron chi connectivity index (χ3n) is 2.67. The van der Waals surface area contributed by atoms with E-state index in [4.69, 9.17) is 5.73 Å². The zero-order valence-corrected chi connectivity index (χ0v) is 11.0. The molecule has 1 saturated carbocycles. The van der Waals surface area contributed by atoms with Gasteiger partial charge in [-0.15, -0.1) is 0 Å². The maximum atomic E-state index is 12.0. The highest BCUT2D eigenvalue weighted by atomic mass is 79.9. The fourth-order valence-electron chi connectivity index (χ4n) is 1.54. The number of nitrogen functional groups attached to an aromatic ring is 1. The molecule has 0 spiro atoms. The molecule has 88 valence electrons. The fraction of sp³-hybridized carbons (Fsp3) is 0.400. The molecule has 1 aliphatic carbocycles. The van der Waals surface area contributed by atoms with Gasteiger partial charge in [-0.1, -0.05) is 6.42 Å². The monoisotopic (exact) mass is 304 g/mol. The van der Waals surface area contributed by atoms with Gasteiger partial charge in [0.15, 0.2) is 0 Å². The first kappa shape index (κ1) is 11.9. The van der Waals surface area contributed by atoms with Crippen molar-refractivity contribution in [3.8, 4) is 0 Å². The van der Waals surface area contributed by atoms with Gasteiger partial charge in [0, 0.05) is 16.2 Å². The van der Waals surface area contributed by atoms with Crippen molar-refractivity contribution in [3.05, 3.63) is 22.7 Å². The highest BCUT2D eigenvalue weighted by Gasteiger charge is 2.25. The second-order valence-electron chi connectivity index (χ2n) is 3.94. The quantitative estimate of drug-likeness (QED) is 0.837. The molecule has 0 radical (unpaired) electrons.